The minimum atomic E-state index is -0.244. The fourth-order valence-electron chi connectivity index (χ4n) is 3.15. The minimum absolute atomic E-state index is 0.118. The molecule has 0 spiro atoms. The molecule has 2 aliphatic heterocycles. The lowest BCUT2D eigenvalue weighted by molar-refractivity contribution is -0.0245. The highest BCUT2D eigenvalue weighted by molar-refractivity contribution is 5.67. The molecule has 2 rings (SSSR count). The van der Waals surface area contributed by atoms with Crippen LogP contribution < -0.4 is 16.1 Å². The Balaban J connectivity index is 1.86. The summed E-state index contributed by atoms with van der Waals surface area (Å²) in [5.74, 6) is 1.03. The summed E-state index contributed by atoms with van der Waals surface area (Å²) in [6, 6.07) is 0.657. The minimum Gasteiger partial charge on any atom is -0.453 e. The molecule has 0 aromatic heterocycles. The highest BCUT2D eigenvalue weighted by Gasteiger charge is 2.26. The Morgan fingerprint density at radius 2 is 2.08 bits per heavy atom. The van der Waals surface area contributed by atoms with Crippen LogP contribution in [0.1, 0.15) is 47.0 Å². The summed E-state index contributed by atoms with van der Waals surface area (Å²) in [6.07, 6.45) is 4.33. The van der Waals surface area contributed by atoms with Crippen molar-refractivity contribution in [3.8, 4) is 0 Å². The van der Waals surface area contributed by atoms with Crippen LogP contribution in [-0.2, 0) is 9.57 Å². The summed E-state index contributed by atoms with van der Waals surface area (Å²) >= 11 is 0. The number of nitrogens with zero attached hydrogens (tertiary/aromatic N) is 2. The third-order valence-electron chi connectivity index (χ3n) is 4.72. The van der Waals surface area contributed by atoms with E-state index >= 15 is 0 Å². The molecule has 2 heterocycles. The molecule has 1 fully saturated rings. The van der Waals surface area contributed by atoms with E-state index in [-0.39, 0.29) is 24.3 Å². The van der Waals surface area contributed by atoms with Crippen LogP contribution in [0.15, 0.2) is 16.4 Å². The Morgan fingerprint density at radius 1 is 1.38 bits per heavy atom. The molecule has 8 nitrogen and oxygen atoms in total. The fraction of sp³-hybridized carbons (Fsp3) is 0.778. The Morgan fingerprint density at radius 3 is 2.69 bits per heavy atom. The van der Waals surface area contributed by atoms with Crippen molar-refractivity contribution in [3.05, 3.63) is 11.4 Å². The van der Waals surface area contributed by atoms with Crippen molar-refractivity contribution in [1.29, 1.82) is 0 Å². The zero-order chi connectivity index (χ0) is 19.1. The molecule has 3 N–H and O–H groups in total. The number of hydrogen-bond donors (Lipinski definition) is 3. The number of nitrogens with one attached hydrogen (secondary N) is 3. The van der Waals surface area contributed by atoms with Gasteiger partial charge in [-0.25, -0.2) is 4.79 Å². The second-order valence-electron chi connectivity index (χ2n) is 7.29. The zero-order valence-electron chi connectivity index (χ0n) is 16.5. The third kappa shape index (κ3) is 5.88. The number of piperidine rings is 1. The Hall–Kier alpha value is -1.80. The van der Waals surface area contributed by atoms with E-state index in [1.54, 1.807) is 11.2 Å². The van der Waals surface area contributed by atoms with Gasteiger partial charge >= 0.3 is 6.09 Å². The summed E-state index contributed by atoms with van der Waals surface area (Å²) in [7, 11) is 1.42. The number of ether oxygens (including phenoxy) is 1. The number of likely N-dealkylation sites (tertiary alicyclic amines) is 1. The topological polar surface area (TPSA) is 87.2 Å². The summed E-state index contributed by atoms with van der Waals surface area (Å²) in [5, 5.41) is 6.82. The lowest BCUT2D eigenvalue weighted by Crippen LogP contribution is -2.47. The van der Waals surface area contributed by atoms with Gasteiger partial charge in [-0.15, -0.1) is 0 Å². The van der Waals surface area contributed by atoms with E-state index in [1.807, 2.05) is 13.8 Å². The van der Waals surface area contributed by atoms with E-state index in [0.717, 1.165) is 25.1 Å². The van der Waals surface area contributed by atoms with Crippen LogP contribution in [0.3, 0.4) is 0 Å². The number of carbonyl (C=O) groups excluding carboxylic acids is 1. The number of hydroxylamine groups is 1. The number of rotatable bonds is 7. The van der Waals surface area contributed by atoms with Crippen molar-refractivity contribution in [2.45, 2.75) is 71.2 Å². The molecule has 0 aromatic rings. The van der Waals surface area contributed by atoms with Crippen LogP contribution in [-0.4, -0.2) is 61.8 Å². The molecular formula is C18H33N5O3. The Bertz CT molecular complexity index is 527. The van der Waals surface area contributed by atoms with Gasteiger partial charge < -0.3 is 20.3 Å². The first-order chi connectivity index (χ1) is 12.4. The van der Waals surface area contributed by atoms with Crippen LogP contribution in [0.4, 0.5) is 4.79 Å². The van der Waals surface area contributed by atoms with Gasteiger partial charge in [0.15, 0.2) is 0 Å². The second kappa shape index (κ2) is 9.78. The lowest BCUT2D eigenvalue weighted by atomic mass is 10.00. The van der Waals surface area contributed by atoms with Gasteiger partial charge in [-0.05, 0) is 52.5 Å². The van der Waals surface area contributed by atoms with E-state index in [4.69, 9.17) is 9.57 Å². The van der Waals surface area contributed by atoms with Crippen LogP contribution in [0.25, 0.3) is 0 Å². The van der Waals surface area contributed by atoms with Crippen molar-refractivity contribution in [2.24, 2.45) is 4.99 Å². The third-order valence-corrected chi connectivity index (χ3v) is 4.72. The molecule has 0 aliphatic carbocycles. The monoisotopic (exact) mass is 367 g/mol. The van der Waals surface area contributed by atoms with Gasteiger partial charge in [0.25, 0.3) is 0 Å². The van der Waals surface area contributed by atoms with Crippen LogP contribution >= 0.6 is 0 Å². The van der Waals surface area contributed by atoms with Crippen molar-refractivity contribution in [2.75, 3.05) is 20.2 Å². The average molecular weight is 367 g/mol. The number of methoxy groups -OCH3 is 1. The van der Waals surface area contributed by atoms with E-state index in [0.29, 0.717) is 19.1 Å². The highest BCUT2D eigenvalue weighted by Crippen LogP contribution is 2.19. The number of carbonyl (C=O) groups is 1. The van der Waals surface area contributed by atoms with Crippen molar-refractivity contribution < 1.29 is 14.4 Å². The van der Waals surface area contributed by atoms with Gasteiger partial charge in [0.1, 0.15) is 5.82 Å². The summed E-state index contributed by atoms with van der Waals surface area (Å²) in [4.78, 5) is 23.4. The number of amides is 1. The maximum Gasteiger partial charge on any atom is 0.409 e. The van der Waals surface area contributed by atoms with Crippen molar-refractivity contribution in [3.63, 3.8) is 0 Å². The molecular weight excluding hydrogens is 334 g/mol. The van der Waals surface area contributed by atoms with Crippen LogP contribution in [0.5, 0.6) is 0 Å². The van der Waals surface area contributed by atoms with Crippen LogP contribution in [0, 0.1) is 0 Å². The van der Waals surface area contributed by atoms with Crippen LogP contribution in [0.2, 0.25) is 0 Å². The summed E-state index contributed by atoms with van der Waals surface area (Å²) in [5.41, 5.74) is 4.28. The molecule has 0 saturated carbocycles. The predicted octanol–water partition coefficient (Wildman–Crippen LogP) is 1.75. The van der Waals surface area contributed by atoms with Crippen molar-refractivity contribution in [1.82, 2.24) is 21.0 Å². The summed E-state index contributed by atoms with van der Waals surface area (Å²) in [6.45, 7) is 9.63. The maximum absolute atomic E-state index is 11.6. The number of hydrogen-bond acceptors (Lipinski definition) is 7. The smallest absolute Gasteiger partial charge is 0.409 e. The van der Waals surface area contributed by atoms with E-state index in [1.165, 1.54) is 12.7 Å². The first kappa shape index (κ1) is 20.5. The summed E-state index contributed by atoms with van der Waals surface area (Å²) < 4.78 is 4.79. The fourth-order valence-corrected chi connectivity index (χ4v) is 3.15. The van der Waals surface area contributed by atoms with E-state index in [2.05, 4.69) is 35.0 Å². The highest BCUT2D eigenvalue weighted by atomic mass is 16.7. The van der Waals surface area contributed by atoms with Gasteiger partial charge in [0.2, 0.25) is 0 Å². The first-order valence-electron chi connectivity index (χ1n) is 9.40. The quantitative estimate of drug-likeness (QED) is 0.594. The molecule has 2 aliphatic rings. The molecule has 2 unspecified atom stereocenters. The largest absolute Gasteiger partial charge is 0.453 e. The number of aliphatic imine (C=N–C) groups is 1. The average Bonchev–Trinajstić information content (AvgIpc) is 2.63. The van der Waals surface area contributed by atoms with Gasteiger partial charge in [-0.3, -0.25) is 9.83 Å². The molecule has 2 atom stereocenters. The molecule has 1 amide bonds. The van der Waals surface area contributed by atoms with Gasteiger partial charge in [0, 0.05) is 25.2 Å². The molecule has 0 aromatic carbocycles. The SMILES string of the molecule is COC(=O)N1CCC(NC2=C(C)C(CC(C)NOC(C)C)N=CN2)CC1. The van der Waals surface area contributed by atoms with Gasteiger partial charge in [0.05, 0.1) is 25.6 Å². The van der Waals surface area contributed by atoms with Gasteiger partial charge in [-0.2, -0.15) is 5.48 Å². The van der Waals surface area contributed by atoms with Crippen molar-refractivity contribution >= 4 is 12.4 Å². The normalized spacial score (nSPS) is 22.4. The van der Waals surface area contributed by atoms with E-state index in [9.17, 15) is 4.79 Å². The Labute approximate surface area is 156 Å². The molecule has 0 radical (unpaired) electrons. The molecule has 1 saturated heterocycles. The molecule has 148 valence electrons. The molecule has 8 heteroatoms. The Kier molecular flexibility index (Phi) is 7.71. The van der Waals surface area contributed by atoms with E-state index < -0.39 is 0 Å². The zero-order valence-corrected chi connectivity index (χ0v) is 16.5. The lowest BCUT2D eigenvalue weighted by Gasteiger charge is -2.34. The van der Waals surface area contributed by atoms with Gasteiger partial charge in [-0.1, -0.05) is 0 Å². The first-order valence-corrected chi connectivity index (χ1v) is 9.40. The predicted molar refractivity (Wildman–Crippen MR) is 102 cm³/mol. The second-order valence-corrected chi connectivity index (χ2v) is 7.29. The maximum atomic E-state index is 11.6. The molecule has 26 heavy (non-hydrogen) atoms. The standard InChI is InChI=1S/C18H33N5O3/c1-12(2)26-22-13(3)10-16-14(4)17(20-11-19-16)21-15-6-8-23(9-7-15)18(24)25-5/h11-13,15-16,21-22H,6-10H2,1-5H3,(H,19,20). The molecule has 0 bridgehead atoms.